The van der Waals surface area contributed by atoms with Gasteiger partial charge in [-0.05, 0) is 63.1 Å². The van der Waals surface area contributed by atoms with Crippen molar-refractivity contribution < 1.29 is 0 Å². The first kappa shape index (κ1) is 20.6. The number of H-pyrrole nitrogens is 1. The van der Waals surface area contributed by atoms with E-state index < -0.39 is 0 Å². The minimum atomic E-state index is 0.453. The number of anilines is 1. The van der Waals surface area contributed by atoms with Crippen LogP contribution in [0, 0.1) is 13.8 Å². The highest BCUT2D eigenvalue weighted by molar-refractivity contribution is 5.87. The average molecular weight is 427 g/mol. The molecule has 32 heavy (non-hydrogen) atoms. The Morgan fingerprint density at radius 2 is 1.97 bits per heavy atom. The molecule has 0 bridgehead atoms. The molecule has 5 rings (SSSR count). The third-order valence-corrected chi connectivity index (χ3v) is 6.24. The lowest BCUT2D eigenvalue weighted by Gasteiger charge is -2.32. The van der Waals surface area contributed by atoms with Crippen LogP contribution < -0.4 is 5.32 Å². The zero-order valence-electron chi connectivity index (χ0n) is 18.8. The number of rotatable bonds is 6. The number of aromatic amines is 1. The number of fused-ring (bicyclic) bond motifs is 1. The molecule has 1 atom stereocenters. The predicted octanol–water partition coefficient (Wildman–Crippen LogP) is 4.96. The molecular weight excluding hydrogens is 396 g/mol. The van der Waals surface area contributed by atoms with E-state index in [0.29, 0.717) is 12.5 Å². The van der Waals surface area contributed by atoms with Crippen LogP contribution in [-0.4, -0.2) is 38.2 Å². The van der Waals surface area contributed by atoms with Crippen molar-refractivity contribution in [3.05, 3.63) is 82.8 Å². The number of piperidine rings is 1. The van der Waals surface area contributed by atoms with Gasteiger partial charge in [-0.1, -0.05) is 35.9 Å². The van der Waals surface area contributed by atoms with Crippen LogP contribution in [0.2, 0.25) is 0 Å². The molecule has 0 unspecified atom stereocenters. The summed E-state index contributed by atoms with van der Waals surface area (Å²) < 4.78 is 0. The first-order valence-corrected chi connectivity index (χ1v) is 11.4. The van der Waals surface area contributed by atoms with E-state index in [4.69, 9.17) is 4.98 Å². The van der Waals surface area contributed by atoms with Crippen molar-refractivity contribution in [1.29, 1.82) is 0 Å². The van der Waals surface area contributed by atoms with Gasteiger partial charge in [0, 0.05) is 30.4 Å². The first-order chi connectivity index (χ1) is 15.6. The molecule has 1 aromatic carbocycles. The van der Waals surface area contributed by atoms with Gasteiger partial charge in [0.1, 0.15) is 0 Å². The summed E-state index contributed by atoms with van der Waals surface area (Å²) in [6.07, 6.45) is 2.39. The van der Waals surface area contributed by atoms with E-state index in [9.17, 15) is 0 Å². The molecule has 2 N–H and O–H groups in total. The first-order valence-electron chi connectivity index (χ1n) is 11.4. The highest BCUT2D eigenvalue weighted by Crippen LogP contribution is 2.29. The lowest BCUT2D eigenvalue weighted by atomic mass is 9.93. The van der Waals surface area contributed by atoms with Crippen LogP contribution in [0.4, 0.5) is 5.82 Å². The fourth-order valence-corrected chi connectivity index (χ4v) is 4.66. The molecule has 4 aromatic rings. The fraction of sp³-hybridized carbons (Fsp3) is 0.346. The third kappa shape index (κ3) is 4.65. The summed E-state index contributed by atoms with van der Waals surface area (Å²) in [4.78, 5) is 12.1. The number of aryl methyl sites for hydroxylation is 2. The molecule has 0 amide bonds. The predicted molar refractivity (Wildman–Crippen MR) is 129 cm³/mol. The quantitative estimate of drug-likeness (QED) is 0.456. The summed E-state index contributed by atoms with van der Waals surface area (Å²) in [6.45, 7) is 8.01. The Morgan fingerprint density at radius 1 is 1.06 bits per heavy atom. The highest BCUT2D eigenvalue weighted by Gasteiger charge is 2.23. The second-order valence-electron chi connectivity index (χ2n) is 8.89. The second kappa shape index (κ2) is 9.09. The van der Waals surface area contributed by atoms with Crippen molar-refractivity contribution in [3.63, 3.8) is 0 Å². The van der Waals surface area contributed by atoms with Crippen LogP contribution in [0.15, 0.2) is 54.6 Å². The molecule has 4 heterocycles. The van der Waals surface area contributed by atoms with Gasteiger partial charge >= 0.3 is 0 Å². The maximum Gasteiger partial charge on any atom is 0.157 e. The van der Waals surface area contributed by atoms with Crippen LogP contribution >= 0.6 is 0 Å². The molecular formula is C26H30N6. The highest BCUT2D eigenvalue weighted by atomic mass is 15.2. The monoisotopic (exact) mass is 426 g/mol. The molecule has 1 fully saturated rings. The normalized spacial score (nSPS) is 17.0. The van der Waals surface area contributed by atoms with Gasteiger partial charge in [-0.3, -0.25) is 15.0 Å². The van der Waals surface area contributed by atoms with Gasteiger partial charge in [-0.15, -0.1) is 0 Å². The Bertz CT molecular complexity index is 1210. The molecule has 6 heteroatoms. The largest absolute Gasteiger partial charge is 0.362 e. The molecule has 1 saturated heterocycles. The number of benzene rings is 1. The SMILES string of the molecule is Cc1cccc(CN2CCC[C@H](c3ccc4c(NCc5cccc(C)n5)n[nH]c4n3)C2)c1. The smallest absolute Gasteiger partial charge is 0.157 e. The van der Waals surface area contributed by atoms with Crippen molar-refractivity contribution in [2.24, 2.45) is 0 Å². The van der Waals surface area contributed by atoms with E-state index in [1.165, 1.54) is 24.0 Å². The molecule has 0 spiro atoms. The zero-order valence-corrected chi connectivity index (χ0v) is 18.8. The Balaban J connectivity index is 1.27. The van der Waals surface area contributed by atoms with Gasteiger partial charge < -0.3 is 5.32 Å². The van der Waals surface area contributed by atoms with E-state index in [1.807, 2.05) is 25.1 Å². The molecule has 1 aliphatic heterocycles. The van der Waals surface area contributed by atoms with Gasteiger partial charge in [0.25, 0.3) is 0 Å². The van der Waals surface area contributed by atoms with Crippen molar-refractivity contribution >= 4 is 16.9 Å². The summed E-state index contributed by atoms with van der Waals surface area (Å²) >= 11 is 0. The molecule has 1 aliphatic rings. The zero-order chi connectivity index (χ0) is 21.9. The Kier molecular flexibility index (Phi) is 5.86. The average Bonchev–Trinajstić information content (AvgIpc) is 3.20. The topological polar surface area (TPSA) is 69.7 Å². The van der Waals surface area contributed by atoms with Crippen LogP contribution in [-0.2, 0) is 13.1 Å². The number of nitrogens with zero attached hydrogens (tertiary/aromatic N) is 4. The van der Waals surface area contributed by atoms with Crippen LogP contribution in [0.3, 0.4) is 0 Å². The van der Waals surface area contributed by atoms with E-state index in [1.54, 1.807) is 0 Å². The van der Waals surface area contributed by atoms with Gasteiger partial charge in [0.2, 0.25) is 0 Å². The van der Waals surface area contributed by atoms with Gasteiger partial charge in [0.05, 0.1) is 17.6 Å². The van der Waals surface area contributed by atoms with Crippen LogP contribution in [0.1, 0.15) is 47.0 Å². The number of aromatic nitrogens is 4. The Labute approximate surface area is 189 Å². The molecule has 0 aliphatic carbocycles. The van der Waals surface area contributed by atoms with Crippen molar-refractivity contribution in [2.45, 2.75) is 45.7 Å². The van der Waals surface area contributed by atoms with Crippen molar-refractivity contribution in [1.82, 2.24) is 25.1 Å². The van der Waals surface area contributed by atoms with Gasteiger partial charge in [0.15, 0.2) is 11.5 Å². The number of nitrogens with one attached hydrogen (secondary N) is 2. The third-order valence-electron chi connectivity index (χ3n) is 6.24. The van der Waals surface area contributed by atoms with Gasteiger partial charge in [-0.25, -0.2) is 4.98 Å². The van der Waals surface area contributed by atoms with E-state index >= 15 is 0 Å². The molecule has 164 valence electrons. The fourth-order valence-electron chi connectivity index (χ4n) is 4.66. The minimum absolute atomic E-state index is 0.453. The van der Waals surface area contributed by atoms with E-state index in [-0.39, 0.29) is 0 Å². The van der Waals surface area contributed by atoms with Gasteiger partial charge in [-0.2, -0.15) is 5.10 Å². The number of pyridine rings is 2. The lowest BCUT2D eigenvalue weighted by molar-refractivity contribution is 0.198. The summed E-state index contributed by atoms with van der Waals surface area (Å²) in [5.41, 5.74) is 6.74. The van der Waals surface area contributed by atoms with E-state index in [0.717, 1.165) is 53.6 Å². The Hall–Kier alpha value is -3.25. The number of hydrogen-bond donors (Lipinski definition) is 2. The molecule has 6 nitrogen and oxygen atoms in total. The van der Waals surface area contributed by atoms with Crippen molar-refractivity contribution in [3.8, 4) is 0 Å². The number of hydrogen-bond acceptors (Lipinski definition) is 5. The minimum Gasteiger partial charge on any atom is -0.362 e. The summed E-state index contributed by atoms with van der Waals surface area (Å²) in [6, 6.07) is 19.2. The summed E-state index contributed by atoms with van der Waals surface area (Å²) in [7, 11) is 0. The molecule has 0 saturated carbocycles. The number of likely N-dealkylation sites (tertiary alicyclic amines) is 1. The Morgan fingerprint density at radius 3 is 2.84 bits per heavy atom. The van der Waals surface area contributed by atoms with E-state index in [2.05, 4.69) is 68.7 Å². The van der Waals surface area contributed by atoms with Crippen molar-refractivity contribution in [2.75, 3.05) is 18.4 Å². The lowest BCUT2D eigenvalue weighted by Crippen LogP contribution is -2.34. The second-order valence-corrected chi connectivity index (χ2v) is 8.89. The van der Waals surface area contributed by atoms with Crippen LogP contribution in [0.5, 0.6) is 0 Å². The maximum atomic E-state index is 4.94. The standard InChI is InChI=1S/C26H30N6/c1-18-6-3-8-20(14-18)16-32-13-5-9-21(17-32)24-12-11-23-25(30-31-26(23)29-24)27-15-22-10-4-7-19(2)28-22/h3-4,6-8,10-12,14,21H,5,9,13,15-17H2,1-2H3,(H2,27,29,30,31)/t21-/m0/s1. The summed E-state index contributed by atoms with van der Waals surface area (Å²) in [5.74, 6) is 1.28. The van der Waals surface area contributed by atoms with Crippen LogP contribution in [0.25, 0.3) is 11.0 Å². The molecule has 3 aromatic heterocycles. The molecule has 0 radical (unpaired) electrons. The summed E-state index contributed by atoms with van der Waals surface area (Å²) in [5, 5.41) is 12.0. The maximum absolute atomic E-state index is 4.94.